The first kappa shape index (κ1) is 14.6. The SMILES string of the molecule is Cl.c1ccc([SiH](c2ccccc2)c2ccccc2)cc1. The smallest absolute Gasteiger partial charge is 0.132 e. The monoisotopic (exact) mass is 296 g/mol. The highest BCUT2D eigenvalue weighted by atomic mass is 35.5. The van der Waals surface area contributed by atoms with Crippen LogP contribution in [0.1, 0.15) is 0 Å². The maximum absolute atomic E-state index is 2.26. The number of hydrogen-bond donors (Lipinski definition) is 0. The van der Waals surface area contributed by atoms with Crippen molar-refractivity contribution in [3.8, 4) is 0 Å². The van der Waals surface area contributed by atoms with Crippen LogP contribution in [0.2, 0.25) is 0 Å². The first-order chi connectivity index (χ1) is 9.45. The van der Waals surface area contributed by atoms with Crippen LogP contribution in [0.5, 0.6) is 0 Å². The van der Waals surface area contributed by atoms with Gasteiger partial charge in [-0.2, -0.15) is 0 Å². The van der Waals surface area contributed by atoms with Crippen LogP contribution in [-0.2, 0) is 0 Å². The first-order valence-electron chi connectivity index (χ1n) is 6.60. The summed E-state index contributed by atoms with van der Waals surface area (Å²) in [6.45, 7) is 0. The van der Waals surface area contributed by atoms with E-state index in [1.165, 1.54) is 15.6 Å². The third-order valence-electron chi connectivity index (χ3n) is 3.40. The standard InChI is InChI=1S/C18H16Si.ClH/c1-4-10-16(11-5-1)19(17-12-6-2-7-13-17)18-14-8-3-9-15-18;/h1-15,19H;1H. The van der Waals surface area contributed by atoms with Gasteiger partial charge in [-0.25, -0.2) is 0 Å². The summed E-state index contributed by atoms with van der Waals surface area (Å²) in [5, 5.41) is 4.42. The minimum Gasteiger partial charge on any atom is -0.147 e. The summed E-state index contributed by atoms with van der Waals surface area (Å²) in [5.41, 5.74) is 0. The van der Waals surface area contributed by atoms with Gasteiger partial charge in [0, 0.05) is 0 Å². The zero-order valence-electron chi connectivity index (χ0n) is 11.1. The van der Waals surface area contributed by atoms with Crippen LogP contribution in [0.25, 0.3) is 0 Å². The van der Waals surface area contributed by atoms with Crippen LogP contribution in [0.15, 0.2) is 91.0 Å². The lowest BCUT2D eigenvalue weighted by atomic mass is 10.3. The molecule has 0 fully saturated rings. The van der Waals surface area contributed by atoms with Crippen molar-refractivity contribution in [2.45, 2.75) is 0 Å². The van der Waals surface area contributed by atoms with Gasteiger partial charge < -0.3 is 0 Å². The van der Waals surface area contributed by atoms with Crippen LogP contribution in [0.3, 0.4) is 0 Å². The van der Waals surface area contributed by atoms with Crippen molar-refractivity contribution < 1.29 is 0 Å². The zero-order chi connectivity index (χ0) is 12.9. The third kappa shape index (κ3) is 3.19. The highest BCUT2D eigenvalue weighted by Gasteiger charge is 2.17. The van der Waals surface area contributed by atoms with E-state index in [0.717, 1.165) is 0 Å². The molecule has 0 aliphatic carbocycles. The number of benzene rings is 3. The molecule has 0 spiro atoms. The molecule has 0 radical (unpaired) electrons. The maximum atomic E-state index is 2.26. The Morgan fingerprint density at radius 1 is 0.400 bits per heavy atom. The Morgan fingerprint density at radius 3 is 0.900 bits per heavy atom. The molecule has 0 amide bonds. The van der Waals surface area contributed by atoms with E-state index in [2.05, 4.69) is 91.0 Å². The van der Waals surface area contributed by atoms with E-state index in [-0.39, 0.29) is 12.4 Å². The second-order valence-corrected chi connectivity index (χ2v) is 7.53. The summed E-state index contributed by atoms with van der Waals surface area (Å²) in [5.74, 6) is 0. The van der Waals surface area contributed by atoms with Gasteiger partial charge in [0.2, 0.25) is 0 Å². The Hall–Kier alpha value is -1.83. The molecule has 0 aliphatic rings. The van der Waals surface area contributed by atoms with E-state index >= 15 is 0 Å². The Labute approximate surface area is 128 Å². The summed E-state index contributed by atoms with van der Waals surface area (Å²) in [6.07, 6.45) is 0. The molecule has 3 aromatic rings. The molecule has 20 heavy (non-hydrogen) atoms. The average Bonchev–Trinajstić information content (AvgIpc) is 2.51. The van der Waals surface area contributed by atoms with Crippen molar-refractivity contribution in [1.29, 1.82) is 0 Å². The molecular formula is C18H17ClSi. The van der Waals surface area contributed by atoms with E-state index in [4.69, 9.17) is 0 Å². The maximum Gasteiger partial charge on any atom is 0.132 e. The Kier molecular flexibility index (Phi) is 5.16. The fourth-order valence-corrected chi connectivity index (χ4v) is 5.49. The number of rotatable bonds is 3. The van der Waals surface area contributed by atoms with E-state index in [9.17, 15) is 0 Å². The minimum atomic E-state index is -1.31. The summed E-state index contributed by atoms with van der Waals surface area (Å²) in [4.78, 5) is 0. The normalized spacial score (nSPS) is 10.1. The van der Waals surface area contributed by atoms with Crippen molar-refractivity contribution in [3.63, 3.8) is 0 Å². The third-order valence-corrected chi connectivity index (χ3v) is 6.55. The molecular weight excluding hydrogens is 280 g/mol. The number of hydrogen-bond acceptors (Lipinski definition) is 0. The van der Waals surface area contributed by atoms with Crippen LogP contribution < -0.4 is 15.6 Å². The lowest BCUT2D eigenvalue weighted by Crippen LogP contribution is -2.51. The lowest BCUT2D eigenvalue weighted by molar-refractivity contribution is 1.71. The first-order valence-corrected chi connectivity index (χ1v) is 8.33. The van der Waals surface area contributed by atoms with Crippen LogP contribution >= 0.6 is 12.4 Å². The molecule has 0 aromatic heterocycles. The van der Waals surface area contributed by atoms with Gasteiger partial charge >= 0.3 is 0 Å². The highest BCUT2D eigenvalue weighted by Crippen LogP contribution is 1.95. The molecule has 0 unspecified atom stereocenters. The summed E-state index contributed by atoms with van der Waals surface area (Å²) in [6, 6.07) is 32.7. The lowest BCUT2D eigenvalue weighted by Gasteiger charge is -2.16. The van der Waals surface area contributed by atoms with E-state index in [1.807, 2.05) is 0 Å². The molecule has 0 saturated carbocycles. The molecule has 0 nitrogen and oxygen atoms in total. The highest BCUT2D eigenvalue weighted by molar-refractivity contribution is 6.95. The Bertz CT molecular complexity index is 529. The van der Waals surface area contributed by atoms with Gasteiger partial charge in [-0.3, -0.25) is 0 Å². The fraction of sp³-hybridized carbons (Fsp3) is 0. The van der Waals surface area contributed by atoms with Gasteiger partial charge in [0.1, 0.15) is 8.80 Å². The van der Waals surface area contributed by atoms with Crippen molar-refractivity contribution in [3.05, 3.63) is 91.0 Å². The van der Waals surface area contributed by atoms with Gasteiger partial charge in [0.25, 0.3) is 0 Å². The van der Waals surface area contributed by atoms with E-state index < -0.39 is 8.80 Å². The van der Waals surface area contributed by atoms with Gasteiger partial charge in [0.15, 0.2) is 0 Å². The molecule has 100 valence electrons. The van der Waals surface area contributed by atoms with Crippen molar-refractivity contribution in [2.75, 3.05) is 0 Å². The summed E-state index contributed by atoms with van der Waals surface area (Å²) in [7, 11) is -1.31. The van der Waals surface area contributed by atoms with Gasteiger partial charge in [-0.1, -0.05) is 107 Å². The quantitative estimate of drug-likeness (QED) is 0.514. The van der Waals surface area contributed by atoms with Crippen molar-refractivity contribution >= 4 is 36.8 Å². The zero-order valence-corrected chi connectivity index (χ0v) is 13.1. The van der Waals surface area contributed by atoms with Crippen LogP contribution in [0.4, 0.5) is 0 Å². The second kappa shape index (κ2) is 7.08. The Morgan fingerprint density at radius 2 is 0.650 bits per heavy atom. The summed E-state index contributed by atoms with van der Waals surface area (Å²) < 4.78 is 0. The molecule has 0 saturated heterocycles. The van der Waals surface area contributed by atoms with E-state index in [0.29, 0.717) is 0 Å². The molecule has 0 bridgehead atoms. The number of halogens is 1. The van der Waals surface area contributed by atoms with Gasteiger partial charge in [-0.05, 0) is 0 Å². The van der Waals surface area contributed by atoms with Crippen molar-refractivity contribution in [1.82, 2.24) is 0 Å². The molecule has 3 aromatic carbocycles. The predicted octanol–water partition coefficient (Wildman–Crippen LogP) is 2.36. The minimum absolute atomic E-state index is 0. The van der Waals surface area contributed by atoms with Gasteiger partial charge in [-0.15, -0.1) is 12.4 Å². The topological polar surface area (TPSA) is 0 Å². The molecule has 0 aliphatic heterocycles. The van der Waals surface area contributed by atoms with Crippen LogP contribution in [-0.4, -0.2) is 8.80 Å². The van der Waals surface area contributed by atoms with E-state index in [1.54, 1.807) is 0 Å². The Balaban J connectivity index is 0.00000147. The van der Waals surface area contributed by atoms with Gasteiger partial charge in [0.05, 0.1) is 0 Å². The molecule has 0 N–H and O–H groups in total. The molecule has 3 rings (SSSR count). The molecule has 0 atom stereocenters. The van der Waals surface area contributed by atoms with Crippen molar-refractivity contribution in [2.24, 2.45) is 0 Å². The predicted molar refractivity (Wildman–Crippen MR) is 92.6 cm³/mol. The molecule has 0 heterocycles. The second-order valence-electron chi connectivity index (χ2n) is 4.67. The largest absolute Gasteiger partial charge is 0.147 e. The fourth-order valence-electron chi connectivity index (χ4n) is 2.51. The molecule has 2 heteroatoms. The average molecular weight is 297 g/mol. The summed E-state index contributed by atoms with van der Waals surface area (Å²) >= 11 is 0. The van der Waals surface area contributed by atoms with Crippen LogP contribution in [0, 0.1) is 0 Å².